The van der Waals surface area contributed by atoms with E-state index in [-0.39, 0.29) is 11.4 Å². The molecule has 0 aromatic heterocycles. The molecule has 80 valence electrons. The lowest BCUT2D eigenvalue weighted by molar-refractivity contribution is -0.160. The first-order valence-electron chi connectivity index (χ1n) is 5.97. The lowest BCUT2D eigenvalue weighted by Gasteiger charge is -2.36. The quantitative estimate of drug-likeness (QED) is 0.635. The molecule has 0 aromatic carbocycles. The van der Waals surface area contributed by atoms with Gasteiger partial charge in [-0.2, -0.15) is 0 Å². The van der Waals surface area contributed by atoms with Gasteiger partial charge in [0.05, 0.1) is 12.0 Å². The molecule has 0 N–H and O–H groups in total. The van der Waals surface area contributed by atoms with Crippen molar-refractivity contribution in [1.82, 2.24) is 0 Å². The molecule has 0 saturated heterocycles. The maximum Gasteiger partial charge on any atom is 0.312 e. The zero-order chi connectivity index (χ0) is 10.0. The van der Waals surface area contributed by atoms with E-state index in [1.165, 1.54) is 32.1 Å². The highest BCUT2D eigenvalue weighted by atomic mass is 16.5. The summed E-state index contributed by atoms with van der Waals surface area (Å²) in [5.74, 6) is 0.734. The number of ether oxygens (including phenoxy) is 1. The summed E-state index contributed by atoms with van der Waals surface area (Å²) >= 11 is 0. The normalized spacial score (nSPS) is 36.5. The largest absolute Gasteiger partial charge is 0.466 e. The highest BCUT2D eigenvalue weighted by molar-refractivity contribution is 5.77. The zero-order valence-electron chi connectivity index (χ0n) is 9.05. The molecule has 2 nitrogen and oxygen atoms in total. The third-order valence-corrected chi connectivity index (χ3v) is 4.06. The number of fused-ring (bicyclic) bond motifs is 1. The van der Waals surface area contributed by atoms with Crippen LogP contribution in [0.1, 0.15) is 51.9 Å². The monoisotopic (exact) mass is 196 g/mol. The van der Waals surface area contributed by atoms with E-state index in [0.29, 0.717) is 12.5 Å². The van der Waals surface area contributed by atoms with Gasteiger partial charge in [0, 0.05) is 0 Å². The van der Waals surface area contributed by atoms with Gasteiger partial charge in [-0.3, -0.25) is 4.79 Å². The summed E-state index contributed by atoms with van der Waals surface area (Å²) < 4.78 is 5.25. The average Bonchev–Trinajstić information content (AvgIpc) is 2.62. The molecule has 2 saturated carbocycles. The molecule has 2 aliphatic carbocycles. The van der Waals surface area contributed by atoms with Crippen LogP contribution in [0.3, 0.4) is 0 Å². The Morgan fingerprint density at radius 1 is 1.29 bits per heavy atom. The van der Waals surface area contributed by atoms with Crippen LogP contribution >= 0.6 is 0 Å². The molecule has 0 amide bonds. The highest BCUT2D eigenvalue weighted by Gasteiger charge is 2.50. The van der Waals surface area contributed by atoms with Gasteiger partial charge in [-0.05, 0) is 38.5 Å². The Morgan fingerprint density at radius 2 is 2.00 bits per heavy atom. The minimum Gasteiger partial charge on any atom is -0.466 e. The van der Waals surface area contributed by atoms with Gasteiger partial charge in [-0.15, -0.1) is 0 Å². The maximum absolute atomic E-state index is 12.0. The molecule has 2 fully saturated rings. The average molecular weight is 196 g/mol. The third kappa shape index (κ3) is 1.45. The summed E-state index contributed by atoms with van der Waals surface area (Å²) in [7, 11) is 0. The Labute approximate surface area is 86.0 Å². The van der Waals surface area contributed by atoms with Crippen molar-refractivity contribution in [1.29, 1.82) is 0 Å². The summed E-state index contributed by atoms with van der Waals surface area (Å²) in [5, 5.41) is 0. The number of hydrogen-bond acceptors (Lipinski definition) is 2. The molecule has 2 heteroatoms. The van der Waals surface area contributed by atoms with Crippen molar-refractivity contribution < 1.29 is 9.53 Å². The van der Waals surface area contributed by atoms with Crippen LogP contribution in [0.5, 0.6) is 0 Å². The summed E-state index contributed by atoms with van der Waals surface area (Å²) in [6.45, 7) is 2.44. The van der Waals surface area contributed by atoms with Crippen LogP contribution in [0.25, 0.3) is 0 Å². The van der Waals surface area contributed by atoms with Crippen molar-refractivity contribution >= 4 is 5.97 Å². The summed E-state index contributed by atoms with van der Waals surface area (Å²) in [4.78, 5) is 12.0. The number of esters is 1. The topological polar surface area (TPSA) is 26.3 Å². The molecule has 2 rings (SSSR count). The van der Waals surface area contributed by atoms with Crippen molar-refractivity contribution in [3.05, 3.63) is 0 Å². The number of carbonyl (C=O) groups excluding carboxylic acids is 1. The van der Waals surface area contributed by atoms with E-state index >= 15 is 0 Å². The van der Waals surface area contributed by atoms with E-state index < -0.39 is 0 Å². The van der Waals surface area contributed by atoms with Crippen LogP contribution in [0.15, 0.2) is 0 Å². The molecule has 2 aliphatic rings. The Bertz CT molecular complexity index is 224. The maximum atomic E-state index is 12.0. The molecule has 0 aromatic rings. The van der Waals surface area contributed by atoms with Crippen molar-refractivity contribution in [2.24, 2.45) is 11.3 Å². The molecule has 0 aliphatic heterocycles. The molecular weight excluding hydrogens is 176 g/mol. The first kappa shape index (κ1) is 10.0. The van der Waals surface area contributed by atoms with Gasteiger partial charge in [-0.1, -0.05) is 19.3 Å². The van der Waals surface area contributed by atoms with E-state index in [4.69, 9.17) is 4.74 Å². The van der Waals surface area contributed by atoms with E-state index in [9.17, 15) is 4.79 Å². The predicted octanol–water partition coefficient (Wildman–Crippen LogP) is 2.91. The number of hydrogen-bond donors (Lipinski definition) is 0. The van der Waals surface area contributed by atoms with Crippen molar-refractivity contribution in [2.75, 3.05) is 6.61 Å². The minimum absolute atomic E-state index is 0.0612. The van der Waals surface area contributed by atoms with E-state index in [0.717, 1.165) is 12.8 Å². The number of rotatable bonds is 2. The Hall–Kier alpha value is -0.530. The smallest absolute Gasteiger partial charge is 0.312 e. The number of carbonyl (C=O) groups is 1. The first-order chi connectivity index (χ1) is 6.79. The molecule has 14 heavy (non-hydrogen) atoms. The van der Waals surface area contributed by atoms with Crippen LogP contribution in [-0.2, 0) is 9.53 Å². The highest BCUT2D eigenvalue weighted by Crippen LogP contribution is 2.52. The lowest BCUT2D eigenvalue weighted by atomic mass is 9.68. The van der Waals surface area contributed by atoms with Gasteiger partial charge in [0.2, 0.25) is 0 Å². The van der Waals surface area contributed by atoms with Gasteiger partial charge in [0.25, 0.3) is 0 Å². The molecule has 0 radical (unpaired) electrons. The van der Waals surface area contributed by atoms with Gasteiger partial charge in [0.15, 0.2) is 0 Å². The lowest BCUT2D eigenvalue weighted by Crippen LogP contribution is -2.38. The van der Waals surface area contributed by atoms with Crippen molar-refractivity contribution in [2.45, 2.75) is 51.9 Å². The fourth-order valence-corrected chi connectivity index (χ4v) is 3.37. The van der Waals surface area contributed by atoms with E-state index in [1.54, 1.807) is 0 Å². The Kier molecular flexibility index (Phi) is 2.80. The summed E-state index contributed by atoms with van der Waals surface area (Å²) in [6.07, 6.45) is 8.41. The molecule has 0 bridgehead atoms. The Balaban J connectivity index is 2.13. The minimum atomic E-state index is -0.0612. The zero-order valence-corrected chi connectivity index (χ0v) is 9.05. The van der Waals surface area contributed by atoms with Gasteiger partial charge >= 0.3 is 5.97 Å². The summed E-state index contributed by atoms with van der Waals surface area (Å²) in [5.41, 5.74) is -0.0612. The molecular formula is C12H20O2. The van der Waals surface area contributed by atoms with Crippen LogP contribution in [0.4, 0.5) is 0 Å². The van der Waals surface area contributed by atoms with Gasteiger partial charge < -0.3 is 4.74 Å². The summed E-state index contributed by atoms with van der Waals surface area (Å²) in [6, 6.07) is 0. The molecule has 2 atom stereocenters. The van der Waals surface area contributed by atoms with Crippen molar-refractivity contribution in [3.8, 4) is 0 Å². The standard InChI is InChI=1S/C12H20O2/c1-2-14-11(13)12-8-4-3-6-10(12)7-5-9-12/h10H,2-9H2,1H3. The van der Waals surface area contributed by atoms with Gasteiger partial charge in [0.1, 0.15) is 0 Å². The van der Waals surface area contributed by atoms with E-state index in [2.05, 4.69) is 0 Å². The SMILES string of the molecule is CCOC(=O)C12CCCCC1CCC2. The van der Waals surface area contributed by atoms with Crippen LogP contribution in [0.2, 0.25) is 0 Å². The Morgan fingerprint density at radius 3 is 2.79 bits per heavy atom. The molecule has 2 unspecified atom stereocenters. The third-order valence-electron chi connectivity index (χ3n) is 4.06. The predicted molar refractivity (Wildman–Crippen MR) is 54.9 cm³/mol. The second-order valence-electron chi connectivity index (χ2n) is 4.71. The van der Waals surface area contributed by atoms with Crippen molar-refractivity contribution in [3.63, 3.8) is 0 Å². The van der Waals surface area contributed by atoms with E-state index in [1.807, 2.05) is 6.92 Å². The fourth-order valence-electron chi connectivity index (χ4n) is 3.37. The second-order valence-corrected chi connectivity index (χ2v) is 4.71. The van der Waals surface area contributed by atoms with Crippen LogP contribution < -0.4 is 0 Å². The fraction of sp³-hybridized carbons (Fsp3) is 0.917. The van der Waals surface area contributed by atoms with Crippen LogP contribution in [0, 0.1) is 11.3 Å². The molecule has 0 spiro atoms. The second kappa shape index (κ2) is 3.92. The first-order valence-corrected chi connectivity index (χ1v) is 5.97. The molecule has 0 heterocycles. The van der Waals surface area contributed by atoms with Crippen LogP contribution in [-0.4, -0.2) is 12.6 Å². The van der Waals surface area contributed by atoms with Gasteiger partial charge in [-0.25, -0.2) is 0 Å².